The minimum Gasteiger partial charge on any atom is -0.480 e. The van der Waals surface area contributed by atoms with Gasteiger partial charge in [0.25, 0.3) is 0 Å². The van der Waals surface area contributed by atoms with Gasteiger partial charge in [-0.3, -0.25) is 4.79 Å². The summed E-state index contributed by atoms with van der Waals surface area (Å²) in [7, 11) is 0. The SMILES string of the molecule is N[C@@H](CO)C(=O)O.[Y]. The Hall–Kier alpha value is 0.494. The fourth-order valence-corrected chi connectivity index (χ4v) is 0.0781. The molecule has 0 aromatic heterocycles. The van der Waals surface area contributed by atoms with Crippen molar-refractivity contribution in [3.63, 3.8) is 0 Å². The number of carboxylic acids is 1. The van der Waals surface area contributed by atoms with Crippen LogP contribution in [0, 0.1) is 0 Å². The maximum atomic E-state index is 9.65. The summed E-state index contributed by atoms with van der Waals surface area (Å²) in [6.07, 6.45) is 0. The number of hydrogen-bond acceptors (Lipinski definition) is 3. The molecule has 0 spiro atoms. The van der Waals surface area contributed by atoms with Crippen LogP contribution in [-0.2, 0) is 37.5 Å². The summed E-state index contributed by atoms with van der Waals surface area (Å²) in [5, 5.41) is 15.9. The van der Waals surface area contributed by atoms with E-state index >= 15 is 0 Å². The molecule has 0 aliphatic rings. The molecule has 0 bridgehead atoms. The van der Waals surface area contributed by atoms with Gasteiger partial charge in [0.1, 0.15) is 6.04 Å². The first-order valence-electron chi connectivity index (χ1n) is 1.77. The molecular weight excluding hydrogens is 187 g/mol. The number of rotatable bonds is 2. The standard InChI is InChI=1S/C3H7NO3.Y/c4-2(1-5)3(6)7;/h2,5H,1,4H2,(H,6,7);/t2-;/m0./s1. The van der Waals surface area contributed by atoms with Crippen LogP contribution in [0.3, 0.4) is 0 Å². The summed E-state index contributed by atoms with van der Waals surface area (Å²) >= 11 is 0. The Morgan fingerprint density at radius 1 is 1.75 bits per heavy atom. The Balaban J connectivity index is 0. The maximum absolute atomic E-state index is 9.65. The molecule has 0 fully saturated rings. The molecule has 0 amide bonds. The van der Waals surface area contributed by atoms with E-state index in [0.29, 0.717) is 0 Å². The molecule has 0 aliphatic carbocycles. The van der Waals surface area contributed by atoms with E-state index in [1.165, 1.54) is 0 Å². The van der Waals surface area contributed by atoms with Crippen molar-refractivity contribution in [3.8, 4) is 0 Å². The van der Waals surface area contributed by atoms with Crippen LogP contribution < -0.4 is 5.73 Å². The maximum Gasteiger partial charge on any atom is 0.322 e. The second-order valence-electron chi connectivity index (χ2n) is 1.13. The van der Waals surface area contributed by atoms with Gasteiger partial charge in [0.15, 0.2) is 0 Å². The number of aliphatic hydroxyl groups excluding tert-OH is 1. The van der Waals surface area contributed by atoms with Crippen molar-refractivity contribution in [2.75, 3.05) is 6.61 Å². The van der Waals surface area contributed by atoms with Crippen molar-refractivity contribution in [2.45, 2.75) is 6.04 Å². The number of nitrogens with two attached hydrogens (primary N) is 1. The molecule has 0 aliphatic heterocycles. The summed E-state index contributed by atoms with van der Waals surface area (Å²) < 4.78 is 0. The zero-order valence-electron chi connectivity index (χ0n) is 4.24. The predicted octanol–water partition coefficient (Wildman–Crippen LogP) is -1.61. The summed E-state index contributed by atoms with van der Waals surface area (Å²) in [6, 6.07) is -1.13. The average Bonchev–Trinajstić information content (AvgIpc) is 1.65. The van der Waals surface area contributed by atoms with Crippen molar-refractivity contribution in [1.29, 1.82) is 0 Å². The van der Waals surface area contributed by atoms with Gasteiger partial charge in [-0.25, -0.2) is 0 Å². The van der Waals surface area contributed by atoms with Crippen LogP contribution in [0.4, 0.5) is 0 Å². The van der Waals surface area contributed by atoms with E-state index in [2.05, 4.69) is 0 Å². The van der Waals surface area contributed by atoms with E-state index in [4.69, 9.17) is 15.9 Å². The van der Waals surface area contributed by atoms with Gasteiger partial charge in [0.2, 0.25) is 0 Å². The Morgan fingerprint density at radius 3 is 2.12 bits per heavy atom. The molecule has 0 unspecified atom stereocenters. The van der Waals surface area contributed by atoms with Gasteiger partial charge in [-0.05, 0) is 0 Å². The topological polar surface area (TPSA) is 83.5 Å². The molecule has 0 saturated carbocycles. The molecule has 1 atom stereocenters. The van der Waals surface area contributed by atoms with Crippen LogP contribution in [0.2, 0.25) is 0 Å². The number of hydrogen-bond donors (Lipinski definition) is 3. The monoisotopic (exact) mass is 194 g/mol. The quantitative estimate of drug-likeness (QED) is 0.493. The first-order chi connectivity index (χ1) is 3.18. The molecule has 0 rings (SSSR count). The summed E-state index contributed by atoms with van der Waals surface area (Å²) in [5.74, 6) is -1.18. The van der Waals surface area contributed by atoms with Gasteiger partial charge in [0, 0.05) is 32.7 Å². The third kappa shape index (κ3) is 4.65. The van der Waals surface area contributed by atoms with E-state index in [0.717, 1.165) is 0 Å². The van der Waals surface area contributed by atoms with E-state index in [1.54, 1.807) is 0 Å². The summed E-state index contributed by atoms with van der Waals surface area (Å²) in [6.45, 7) is -0.505. The molecule has 0 saturated heterocycles. The number of aliphatic hydroxyl groups is 1. The second kappa shape index (κ2) is 5.63. The fraction of sp³-hybridized carbons (Fsp3) is 0.667. The van der Waals surface area contributed by atoms with Crippen molar-refractivity contribution in [2.24, 2.45) is 5.73 Å². The Bertz CT molecular complexity index is 76.9. The molecule has 4 N–H and O–H groups in total. The van der Waals surface area contributed by atoms with Crippen LogP contribution in [0.25, 0.3) is 0 Å². The van der Waals surface area contributed by atoms with Crippen LogP contribution in [-0.4, -0.2) is 28.8 Å². The normalized spacial score (nSPS) is 11.8. The first-order valence-corrected chi connectivity index (χ1v) is 1.77. The zero-order valence-corrected chi connectivity index (χ0v) is 7.08. The van der Waals surface area contributed by atoms with Crippen LogP contribution >= 0.6 is 0 Å². The van der Waals surface area contributed by atoms with Crippen molar-refractivity contribution >= 4 is 5.97 Å². The van der Waals surface area contributed by atoms with Gasteiger partial charge in [-0.1, -0.05) is 0 Å². The molecule has 0 aromatic carbocycles. The van der Waals surface area contributed by atoms with Gasteiger partial charge < -0.3 is 15.9 Å². The van der Waals surface area contributed by atoms with Gasteiger partial charge >= 0.3 is 5.97 Å². The largest absolute Gasteiger partial charge is 0.480 e. The molecule has 4 nitrogen and oxygen atoms in total. The second-order valence-corrected chi connectivity index (χ2v) is 1.13. The molecule has 8 heavy (non-hydrogen) atoms. The van der Waals surface area contributed by atoms with E-state index in [1.807, 2.05) is 0 Å². The van der Waals surface area contributed by atoms with Crippen molar-refractivity contribution in [3.05, 3.63) is 0 Å². The smallest absolute Gasteiger partial charge is 0.322 e. The number of aliphatic carboxylic acids is 1. The Kier molecular flexibility index (Phi) is 7.96. The molecule has 5 heteroatoms. The zero-order chi connectivity index (χ0) is 5.86. The van der Waals surface area contributed by atoms with Crippen molar-refractivity contribution in [1.82, 2.24) is 0 Å². The summed E-state index contributed by atoms with van der Waals surface area (Å²) in [4.78, 5) is 9.65. The van der Waals surface area contributed by atoms with Crippen LogP contribution in [0.1, 0.15) is 0 Å². The molecule has 45 valence electrons. The van der Waals surface area contributed by atoms with Crippen LogP contribution in [0.15, 0.2) is 0 Å². The van der Waals surface area contributed by atoms with Gasteiger partial charge in [-0.2, -0.15) is 0 Å². The van der Waals surface area contributed by atoms with E-state index < -0.39 is 18.6 Å². The number of carbonyl (C=O) groups is 1. The first kappa shape index (κ1) is 11.3. The van der Waals surface area contributed by atoms with Gasteiger partial charge in [0.05, 0.1) is 6.61 Å². The fourth-order valence-electron chi connectivity index (χ4n) is 0.0781. The Morgan fingerprint density at radius 2 is 2.12 bits per heavy atom. The van der Waals surface area contributed by atoms with E-state index in [9.17, 15) is 4.79 Å². The summed E-state index contributed by atoms with van der Waals surface area (Å²) in [5.41, 5.74) is 4.77. The molecular formula is C3H7NO3Y. The minimum atomic E-state index is -1.18. The Labute approximate surface area is 71.9 Å². The molecule has 0 aromatic rings. The van der Waals surface area contributed by atoms with E-state index in [-0.39, 0.29) is 32.7 Å². The third-order valence-corrected chi connectivity index (χ3v) is 0.514. The average molecular weight is 194 g/mol. The molecule has 0 heterocycles. The van der Waals surface area contributed by atoms with Gasteiger partial charge in [-0.15, -0.1) is 0 Å². The third-order valence-electron chi connectivity index (χ3n) is 0.514. The van der Waals surface area contributed by atoms with Crippen molar-refractivity contribution < 1.29 is 47.7 Å². The molecule has 1 radical (unpaired) electrons. The number of carboxylic acid groups (broad SMARTS) is 1. The minimum absolute atomic E-state index is 0. The van der Waals surface area contributed by atoms with Crippen LogP contribution in [0.5, 0.6) is 0 Å². The predicted molar refractivity (Wildman–Crippen MR) is 22.7 cm³/mol.